The highest BCUT2D eigenvalue weighted by Crippen LogP contribution is 2.28. The summed E-state index contributed by atoms with van der Waals surface area (Å²) in [5, 5.41) is 11.5. The first-order chi connectivity index (χ1) is 8.63. The number of aromatic nitrogens is 2. The van der Waals surface area contributed by atoms with Crippen LogP contribution in [0, 0.1) is 6.92 Å². The molecule has 1 aromatic heterocycles. The van der Waals surface area contributed by atoms with Gasteiger partial charge in [0.1, 0.15) is 0 Å². The largest absolute Gasteiger partial charge is 0.330 e. The van der Waals surface area contributed by atoms with Crippen LogP contribution in [0.4, 0.5) is 19.6 Å². The summed E-state index contributed by atoms with van der Waals surface area (Å²) in [7, 11) is 0. The van der Waals surface area contributed by atoms with E-state index in [2.05, 4.69) is 15.5 Å². The number of aryl methyl sites for hydroxylation is 1. The van der Waals surface area contributed by atoms with E-state index in [1.165, 1.54) is 11.3 Å². The number of nitrogens with one attached hydrogen (secondary N) is 1. The highest BCUT2D eigenvalue weighted by Gasteiger charge is 2.09. The number of hydrogen-bond donors (Lipinski definition) is 1. The SMILES string of the molecule is Cc1cccc(Nc2nnc(SCC(F)F)s2)c1. The van der Waals surface area contributed by atoms with Crippen LogP contribution in [0.3, 0.4) is 0 Å². The Morgan fingerprint density at radius 1 is 1.39 bits per heavy atom. The predicted octanol–water partition coefficient (Wildman–Crippen LogP) is 3.95. The first-order valence-corrected chi connectivity index (χ1v) is 7.02. The van der Waals surface area contributed by atoms with Crippen molar-refractivity contribution in [2.75, 3.05) is 11.1 Å². The van der Waals surface area contributed by atoms with Crippen molar-refractivity contribution in [3.05, 3.63) is 29.8 Å². The molecular weight excluding hydrogens is 276 g/mol. The second-order valence-electron chi connectivity index (χ2n) is 3.57. The van der Waals surface area contributed by atoms with Gasteiger partial charge in [-0.2, -0.15) is 0 Å². The zero-order chi connectivity index (χ0) is 13.0. The quantitative estimate of drug-likeness (QED) is 0.845. The summed E-state index contributed by atoms with van der Waals surface area (Å²) in [6, 6.07) is 7.83. The van der Waals surface area contributed by atoms with E-state index in [4.69, 9.17) is 0 Å². The van der Waals surface area contributed by atoms with Crippen molar-refractivity contribution >= 4 is 33.9 Å². The second kappa shape index (κ2) is 6.10. The van der Waals surface area contributed by atoms with Crippen molar-refractivity contribution in [3.63, 3.8) is 0 Å². The van der Waals surface area contributed by atoms with E-state index in [1.807, 2.05) is 31.2 Å². The molecule has 0 unspecified atom stereocenters. The highest BCUT2D eigenvalue weighted by molar-refractivity contribution is 8.01. The fraction of sp³-hybridized carbons (Fsp3) is 0.273. The van der Waals surface area contributed by atoms with E-state index in [1.54, 1.807) is 0 Å². The minimum atomic E-state index is -2.33. The molecule has 0 spiro atoms. The van der Waals surface area contributed by atoms with Gasteiger partial charge in [-0.25, -0.2) is 8.78 Å². The van der Waals surface area contributed by atoms with Gasteiger partial charge >= 0.3 is 0 Å². The number of anilines is 2. The molecule has 0 atom stereocenters. The molecule has 7 heteroatoms. The summed E-state index contributed by atoms with van der Waals surface area (Å²) in [5.41, 5.74) is 2.05. The highest BCUT2D eigenvalue weighted by atomic mass is 32.2. The Morgan fingerprint density at radius 2 is 2.22 bits per heavy atom. The predicted molar refractivity (Wildman–Crippen MR) is 71.1 cm³/mol. The maximum Gasteiger partial charge on any atom is 0.248 e. The molecule has 0 saturated carbocycles. The Labute approximate surface area is 112 Å². The van der Waals surface area contributed by atoms with Gasteiger partial charge < -0.3 is 5.32 Å². The van der Waals surface area contributed by atoms with Crippen LogP contribution in [0.15, 0.2) is 28.6 Å². The van der Waals surface area contributed by atoms with Gasteiger partial charge in [0.25, 0.3) is 0 Å². The number of nitrogens with zero attached hydrogens (tertiary/aromatic N) is 2. The van der Waals surface area contributed by atoms with Gasteiger partial charge in [-0.1, -0.05) is 35.2 Å². The lowest BCUT2D eigenvalue weighted by Gasteiger charge is -2.01. The van der Waals surface area contributed by atoms with E-state index < -0.39 is 6.43 Å². The van der Waals surface area contributed by atoms with E-state index in [-0.39, 0.29) is 5.75 Å². The van der Waals surface area contributed by atoms with Gasteiger partial charge in [0.05, 0.1) is 5.75 Å². The van der Waals surface area contributed by atoms with Crippen molar-refractivity contribution in [2.45, 2.75) is 17.7 Å². The van der Waals surface area contributed by atoms with Crippen molar-refractivity contribution < 1.29 is 8.78 Å². The Balaban J connectivity index is 1.98. The van der Waals surface area contributed by atoms with Crippen LogP contribution in [-0.2, 0) is 0 Å². The third kappa shape index (κ3) is 3.92. The van der Waals surface area contributed by atoms with Crippen molar-refractivity contribution in [1.82, 2.24) is 10.2 Å². The standard InChI is InChI=1S/C11H11F2N3S2/c1-7-3-2-4-8(5-7)14-10-15-16-11(18-10)17-6-9(12)13/h2-5,9H,6H2,1H3,(H,14,15). The summed E-state index contributed by atoms with van der Waals surface area (Å²) in [4.78, 5) is 0. The summed E-state index contributed by atoms with van der Waals surface area (Å²) in [5.74, 6) is -0.251. The molecule has 1 aromatic carbocycles. The van der Waals surface area contributed by atoms with Crippen molar-refractivity contribution in [1.29, 1.82) is 0 Å². The lowest BCUT2D eigenvalue weighted by Crippen LogP contribution is -1.92. The maximum atomic E-state index is 12.0. The summed E-state index contributed by atoms with van der Waals surface area (Å²) in [6.45, 7) is 2.00. The third-order valence-electron chi connectivity index (χ3n) is 2.01. The number of benzene rings is 1. The Hall–Kier alpha value is -1.21. The van der Waals surface area contributed by atoms with Crippen LogP contribution in [0.25, 0.3) is 0 Å². The molecule has 1 heterocycles. The molecule has 1 N–H and O–H groups in total. The minimum Gasteiger partial charge on any atom is -0.330 e. The fourth-order valence-corrected chi connectivity index (χ4v) is 2.84. The molecule has 96 valence electrons. The van der Waals surface area contributed by atoms with Gasteiger partial charge in [0, 0.05) is 5.69 Å². The number of thioether (sulfide) groups is 1. The monoisotopic (exact) mass is 287 g/mol. The maximum absolute atomic E-state index is 12.0. The number of rotatable bonds is 5. The molecule has 0 bridgehead atoms. The van der Waals surface area contributed by atoms with Crippen LogP contribution >= 0.6 is 23.1 Å². The second-order valence-corrected chi connectivity index (χ2v) is 5.81. The van der Waals surface area contributed by atoms with Gasteiger partial charge in [0.15, 0.2) is 4.34 Å². The zero-order valence-electron chi connectivity index (χ0n) is 9.56. The number of alkyl halides is 2. The Kier molecular flexibility index (Phi) is 4.48. The molecule has 0 aliphatic rings. The van der Waals surface area contributed by atoms with E-state index in [9.17, 15) is 8.78 Å². The van der Waals surface area contributed by atoms with Crippen LogP contribution in [0.1, 0.15) is 5.56 Å². The molecular formula is C11H11F2N3S2. The van der Waals surface area contributed by atoms with Crippen LogP contribution in [-0.4, -0.2) is 22.4 Å². The molecule has 2 aromatic rings. The van der Waals surface area contributed by atoms with Crippen LogP contribution in [0.2, 0.25) is 0 Å². The van der Waals surface area contributed by atoms with E-state index in [0.29, 0.717) is 9.47 Å². The smallest absolute Gasteiger partial charge is 0.248 e. The average Bonchev–Trinajstić information content (AvgIpc) is 2.74. The van der Waals surface area contributed by atoms with Crippen molar-refractivity contribution in [2.24, 2.45) is 0 Å². The lowest BCUT2D eigenvalue weighted by molar-refractivity contribution is 0.177. The van der Waals surface area contributed by atoms with Crippen LogP contribution < -0.4 is 5.32 Å². The Bertz CT molecular complexity index is 516. The first kappa shape index (κ1) is 13.2. The summed E-state index contributed by atoms with van der Waals surface area (Å²) < 4.78 is 24.6. The number of halogens is 2. The molecule has 0 amide bonds. The Morgan fingerprint density at radius 3 is 2.94 bits per heavy atom. The van der Waals surface area contributed by atoms with E-state index >= 15 is 0 Å². The molecule has 0 aliphatic heterocycles. The molecule has 0 radical (unpaired) electrons. The minimum absolute atomic E-state index is 0.251. The summed E-state index contributed by atoms with van der Waals surface area (Å²) >= 11 is 2.29. The third-order valence-corrected chi connectivity index (χ3v) is 3.99. The molecule has 0 aliphatic carbocycles. The van der Waals surface area contributed by atoms with E-state index in [0.717, 1.165) is 23.0 Å². The topological polar surface area (TPSA) is 37.8 Å². The average molecular weight is 287 g/mol. The van der Waals surface area contributed by atoms with Gasteiger partial charge in [-0.05, 0) is 24.6 Å². The normalized spacial score (nSPS) is 10.9. The molecule has 18 heavy (non-hydrogen) atoms. The molecule has 0 fully saturated rings. The summed E-state index contributed by atoms with van der Waals surface area (Å²) in [6.07, 6.45) is -2.33. The number of hydrogen-bond acceptors (Lipinski definition) is 5. The lowest BCUT2D eigenvalue weighted by atomic mass is 10.2. The molecule has 3 nitrogen and oxygen atoms in total. The van der Waals surface area contributed by atoms with Gasteiger partial charge in [-0.3, -0.25) is 0 Å². The molecule has 0 saturated heterocycles. The first-order valence-electron chi connectivity index (χ1n) is 5.21. The fourth-order valence-electron chi connectivity index (χ4n) is 1.30. The van der Waals surface area contributed by atoms with Crippen molar-refractivity contribution in [3.8, 4) is 0 Å². The zero-order valence-corrected chi connectivity index (χ0v) is 11.2. The molecule has 2 rings (SSSR count). The van der Waals surface area contributed by atoms with Crippen LogP contribution in [0.5, 0.6) is 0 Å². The van der Waals surface area contributed by atoms with Gasteiger partial charge in [-0.15, -0.1) is 10.2 Å². The van der Waals surface area contributed by atoms with Gasteiger partial charge in [0.2, 0.25) is 11.6 Å².